The van der Waals surface area contributed by atoms with Crippen LogP contribution in [-0.2, 0) is 12.8 Å². The molecule has 0 saturated heterocycles. The molecule has 0 aromatic heterocycles. The Morgan fingerprint density at radius 3 is 2.53 bits per heavy atom. The maximum Gasteiger partial charge on any atom is 0.135 e. The minimum absolute atomic E-state index is 0.111. The normalized spacial score (nSPS) is 16.6. The molecule has 0 spiro atoms. The van der Waals surface area contributed by atoms with Gasteiger partial charge in [0.2, 0.25) is 0 Å². The number of aromatic hydroxyl groups is 1. The van der Waals surface area contributed by atoms with Crippen LogP contribution in [0.5, 0.6) is 5.75 Å². The number of aryl methyl sites for hydroxylation is 1. The molecular weight excluding hydrogens is 531 g/mol. The van der Waals surface area contributed by atoms with E-state index in [4.69, 9.17) is 0 Å². The Hall–Kier alpha value is -3.58. The van der Waals surface area contributed by atoms with Gasteiger partial charge in [-0.05, 0) is 101 Å². The van der Waals surface area contributed by atoms with Gasteiger partial charge in [-0.2, -0.15) is 5.26 Å². The first kappa shape index (κ1) is 32.3. The van der Waals surface area contributed by atoms with Crippen molar-refractivity contribution in [3.05, 3.63) is 82.8 Å². The number of hydrogen-bond donors (Lipinski definition) is 2. The van der Waals surface area contributed by atoms with Gasteiger partial charge in [-0.3, -0.25) is 0 Å². The van der Waals surface area contributed by atoms with Crippen molar-refractivity contribution in [2.45, 2.75) is 98.8 Å². The molecule has 1 unspecified atom stereocenters. The number of phenolic OH excluding ortho intramolecular Hbond substituents is 1. The number of halogens is 1. The van der Waals surface area contributed by atoms with E-state index in [2.05, 4.69) is 58.6 Å². The van der Waals surface area contributed by atoms with E-state index in [1.807, 2.05) is 24.3 Å². The van der Waals surface area contributed by atoms with Gasteiger partial charge >= 0.3 is 0 Å². The molecule has 0 bridgehead atoms. The Balaban J connectivity index is 2.06. The Morgan fingerprint density at radius 2 is 1.86 bits per heavy atom. The summed E-state index contributed by atoms with van der Waals surface area (Å²) in [5.74, 6) is 0.559. The average Bonchev–Trinajstić information content (AvgIpc) is 3.37. The summed E-state index contributed by atoms with van der Waals surface area (Å²) in [5, 5.41) is 25.6. The van der Waals surface area contributed by atoms with Crippen molar-refractivity contribution in [1.29, 1.82) is 5.26 Å². The zero-order chi connectivity index (χ0) is 31.1. The highest BCUT2D eigenvalue weighted by molar-refractivity contribution is 5.99. The van der Waals surface area contributed by atoms with Crippen LogP contribution in [0.15, 0.2) is 60.3 Å². The van der Waals surface area contributed by atoms with E-state index in [9.17, 15) is 10.4 Å². The maximum absolute atomic E-state index is 17.4. The van der Waals surface area contributed by atoms with Crippen LogP contribution in [0.4, 0.5) is 4.39 Å². The highest BCUT2D eigenvalue weighted by Crippen LogP contribution is 2.51. The molecule has 1 aliphatic rings. The molecule has 3 aromatic rings. The molecule has 0 saturated carbocycles. The summed E-state index contributed by atoms with van der Waals surface area (Å²) in [6.07, 6.45) is 8.18. The predicted octanol–water partition coefficient (Wildman–Crippen LogP) is 10.7. The van der Waals surface area contributed by atoms with Gasteiger partial charge in [0.1, 0.15) is 11.6 Å². The van der Waals surface area contributed by atoms with Crippen LogP contribution in [0.25, 0.3) is 27.5 Å². The van der Waals surface area contributed by atoms with Gasteiger partial charge in [0.15, 0.2) is 0 Å². The summed E-state index contributed by atoms with van der Waals surface area (Å²) in [6, 6.07) is 15.8. The maximum atomic E-state index is 17.4. The number of rotatable bonds is 14. The molecule has 1 aliphatic heterocycles. The van der Waals surface area contributed by atoms with Crippen molar-refractivity contribution in [3.8, 4) is 22.9 Å². The lowest BCUT2D eigenvalue weighted by Gasteiger charge is -2.33. The molecule has 1 atom stereocenters. The van der Waals surface area contributed by atoms with Crippen LogP contribution in [0.3, 0.4) is 0 Å². The smallest absolute Gasteiger partial charge is 0.135 e. The quantitative estimate of drug-likeness (QED) is 0.187. The first-order valence-electron chi connectivity index (χ1n) is 16.3. The second-order valence-corrected chi connectivity index (χ2v) is 12.7. The number of nitrogens with one attached hydrogen (secondary N) is 1. The topological polar surface area (TPSA) is 56.0 Å². The number of benzene rings is 3. The molecule has 0 amide bonds. The third kappa shape index (κ3) is 6.67. The SMILES string of the molecule is C=C(CC)C1=C(c2cc(CCCC#N)c(-c3cc(O)cc4ccccc34)c(F)c2CCC)C(CC)(CCCC(C)C)CN1. The highest BCUT2D eigenvalue weighted by Gasteiger charge is 2.42. The molecule has 4 heteroatoms. The second kappa shape index (κ2) is 14.3. The van der Waals surface area contributed by atoms with E-state index in [-0.39, 0.29) is 17.0 Å². The largest absolute Gasteiger partial charge is 0.508 e. The van der Waals surface area contributed by atoms with Crippen LogP contribution in [0.2, 0.25) is 0 Å². The van der Waals surface area contributed by atoms with Crippen LogP contribution in [0.1, 0.15) is 103 Å². The van der Waals surface area contributed by atoms with Gasteiger partial charge in [-0.25, -0.2) is 4.39 Å². The average molecular weight is 581 g/mol. The van der Waals surface area contributed by atoms with Crippen molar-refractivity contribution in [3.63, 3.8) is 0 Å². The fourth-order valence-electron chi connectivity index (χ4n) is 6.95. The summed E-state index contributed by atoms with van der Waals surface area (Å²) in [6.45, 7) is 16.4. The van der Waals surface area contributed by atoms with E-state index >= 15 is 4.39 Å². The van der Waals surface area contributed by atoms with Crippen molar-refractivity contribution in [1.82, 2.24) is 5.32 Å². The van der Waals surface area contributed by atoms with E-state index in [0.29, 0.717) is 42.7 Å². The Labute approximate surface area is 258 Å². The summed E-state index contributed by atoms with van der Waals surface area (Å²) in [7, 11) is 0. The third-order valence-electron chi connectivity index (χ3n) is 9.35. The molecule has 43 heavy (non-hydrogen) atoms. The zero-order valence-corrected chi connectivity index (χ0v) is 26.9. The fourth-order valence-corrected chi connectivity index (χ4v) is 6.95. The summed E-state index contributed by atoms with van der Waals surface area (Å²) in [5.41, 5.74) is 7.17. The van der Waals surface area contributed by atoms with Crippen molar-refractivity contribution in [2.24, 2.45) is 11.3 Å². The summed E-state index contributed by atoms with van der Waals surface area (Å²) >= 11 is 0. The summed E-state index contributed by atoms with van der Waals surface area (Å²) < 4.78 is 17.4. The lowest BCUT2D eigenvalue weighted by molar-refractivity contribution is 0.339. The molecule has 1 heterocycles. The minimum atomic E-state index is -0.199. The monoisotopic (exact) mass is 580 g/mol. The van der Waals surface area contributed by atoms with Crippen LogP contribution >= 0.6 is 0 Å². The lowest BCUT2D eigenvalue weighted by Crippen LogP contribution is -2.27. The number of unbranched alkanes of at least 4 members (excludes halogenated alkanes) is 1. The van der Waals surface area contributed by atoms with Gasteiger partial charge in [-0.15, -0.1) is 0 Å². The minimum Gasteiger partial charge on any atom is -0.508 e. The Kier molecular flexibility index (Phi) is 10.7. The Morgan fingerprint density at radius 1 is 1.09 bits per heavy atom. The fraction of sp³-hybridized carbons (Fsp3) is 0.462. The Bertz CT molecular complexity index is 1540. The first-order chi connectivity index (χ1) is 20.7. The molecule has 3 nitrogen and oxygen atoms in total. The van der Waals surface area contributed by atoms with E-state index < -0.39 is 0 Å². The number of allylic oxidation sites excluding steroid dienone is 1. The number of fused-ring (bicyclic) bond motifs is 1. The van der Waals surface area contributed by atoms with Gasteiger partial charge in [0.05, 0.1) is 6.07 Å². The predicted molar refractivity (Wildman–Crippen MR) is 179 cm³/mol. The molecular formula is C39H49FN2O. The van der Waals surface area contributed by atoms with Crippen molar-refractivity contribution < 1.29 is 9.50 Å². The lowest BCUT2D eigenvalue weighted by atomic mass is 9.70. The van der Waals surface area contributed by atoms with Gasteiger partial charge in [0.25, 0.3) is 0 Å². The zero-order valence-electron chi connectivity index (χ0n) is 26.9. The third-order valence-corrected chi connectivity index (χ3v) is 9.35. The summed E-state index contributed by atoms with van der Waals surface area (Å²) in [4.78, 5) is 0. The molecule has 3 aromatic carbocycles. The van der Waals surface area contributed by atoms with E-state index in [1.54, 1.807) is 12.1 Å². The molecule has 0 radical (unpaired) electrons. The van der Waals surface area contributed by atoms with Gasteiger partial charge in [0, 0.05) is 29.6 Å². The molecule has 0 fully saturated rings. The highest BCUT2D eigenvalue weighted by atomic mass is 19.1. The van der Waals surface area contributed by atoms with E-state index in [0.717, 1.165) is 83.8 Å². The number of nitrogens with zero attached hydrogens (tertiary/aromatic N) is 1. The van der Waals surface area contributed by atoms with Gasteiger partial charge in [-0.1, -0.05) is 90.8 Å². The van der Waals surface area contributed by atoms with Crippen LogP contribution < -0.4 is 5.32 Å². The standard InChI is InChI=1S/C39H49FN2O/c1-7-15-32-34(36-38(27(6)8-2)42-25-39(36,9-3)20-14-16-26(4)5)23-29(18-12-13-21-41)35(37(32)40)33-24-30(43)22-28-17-10-11-19-31(28)33/h10-11,17,19,22-24,26,42-43H,6-9,12-16,18,20,25H2,1-5H3. The van der Waals surface area contributed by atoms with E-state index in [1.165, 1.54) is 5.57 Å². The second-order valence-electron chi connectivity index (χ2n) is 12.7. The number of hydrogen-bond acceptors (Lipinski definition) is 3. The van der Waals surface area contributed by atoms with Crippen LogP contribution in [0, 0.1) is 28.5 Å². The first-order valence-corrected chi connectivity index (χ1v) is 16.3. The van der Waals surface area contributed by atoms with Crippen LogP contribution in [-0.4, -0.2) is 11.7 Å². The molecule has 4 rings (SSSR count). The van der Waals surface area contributed by atoms with Gasteiger partial charge < -0.3 is 10.4 Å². The molecule has 2 N–H and O–H groups in total. The van der Waals surface area contributed by atoms with Crippen molar-refractivity contribution in [2.75, 3.05) is 6.54 Å². The number of nitriles is 1. The van der Waals surface area contributed by atoms with Crippen molar-refractivity contribution >= 4 is 16.3 Å². The molecule has 228 valence electrons. The number of phenols is 1. The molecule has 0 aliphatic carbocycles.